The molecular weight excluding hydrogens is 1090 g/mol. The second kappa shape index (κ2) is 18.2. The van der Waals surface area contributed by atoms with E-state index in [0.29, 0.717) is 33.7 Å². The van der Waals surface area contributed by atoms with Gasteiger partial charge in [0, 0.05) is 49.9 Å². The van der Waals surface area contributed by atoms with Gasteiger partial charge in [-0.3, -0.25) is 37.9 Å². The Hall–Kier alpha value is -5.04. The number of benzene rings is 4. The Morgan fingerprint density at radius 1 is 0.338 bits per heavy atom. The molecule has 416 valence electrons. The lowest BCUT2D eigenvalue weighted by Gasteiger charge is -2.50. The van der Waals surface area contributed by atoms with E-state index in [1.54, 1.807) is 0 Å². The van der Waals surface area contributed by atoms with Crippen molar-refractivity contribution < 1.29 is 18.9 Å². The van der Waals surface area contributed by atoms with Crippen LogP contribution in [0.2, 0.25) is 20.1 Å². The van der Waals surface area contributed by atoms with E-state index in [2.05, 4.69) is 69.9 Å². The Morgan fingerprint density at radius 3 is 0.938 bits per heavy atom. The molecule has 20 heteroatoms. The summed E-state index contributed by atoms with van der Waals surface area (Å²) < 4.78 is 34.2. The van der Waals surface area contributed by atoms with Crippen molar-refractivity contribution in [3.8, 4) is 24.0 Å². The number of aromatic nitrogens is 8. The van der Waals surface area contributed by atoms with E-state index in [0.717, 1.165) is 131 Å². The van der Waals surface area contributed by atoms with E-state index in [1.165, 1.54) is 104 Å². The molecule has 8 aromatic rings. The Bertz CT molecular complexity index is 3550. The highest BCUT2D eigenvalue weighted by molar-refractivity contribution is 6.36. The van der Waals surface area contributed by atoms with Crippen molar-refractivity contribution in [2.75, 3.05) is 78.5 Å². The fourth-order valence-corrected chi connectivity index (χ4v) is 17.9. The molecule has 0 saturated carbocycles. The minimum Gasteiger partial charge on any atom is -0.454 e. The van der Waals surface area contributed by atoms with Crippen molar-refractivity contribution >= 4 is 90.5 Å². The van der Waals surface area contributed by atoms with E-state index in [9.17, 15) is 0 Å². The average Bonchev–Trinajstić information content (AvgIpc) is 4.56. The summed E-state index contributed by atoms with van der Waals surface area (Å²) in [7, 11) is 0. The normalized spacial score (nSPS) is 34.6. The van der Waals surface area contributed by atoms with Gasteiger partial charge in [0.2, 0.25) is 0 Å². The van der Waals surface area contributed by atoms with Crippen molar-refractivity contribution in [2.45, 2.75) is 99.9 Å². The third-order valence-electron chi connectivity index (χ3n) is 20.9. The Balaban J connectivity index is 0.0000000853. The van der Waals surface area contributed by atoms with Crippen LogP contribution in [0.4, 0.5) is 0 Å². The Labute approximate surface area is 483 Å². The molecule has 24 rings (SSSR count). The molecule has 16 aliphatic rings. The van der Waals surface area contributed by atoms with Crippen LogP contribution in [0.1, 0.15) is 51.4 Å². The maximum Gasteiger partial charge on any atom is 0.298 e. The molecule has 16 nitrogen and oxygen atoms in total. The zero-order chi connectivity index (χ0) is 53.3. The van der Waals surface area contributed by atoms with Gasteiger partial charge >= 0.3 is 0 Å². The van der Waals surface area contributed by atoms with Crippen LogP contribution >= 0.6 is 46.4 Å². The summed E-state index contributed by atoms with van der Waals surface area (Å²) >= 11 is 25.2. The summed E-state index contributed by atoms with van der Waals surface area (Å²) in [5.74, 6) is 2.66. The standard InChI is InChI=1S/4C15H16ClN3O/c2*16-11-2-1-3-12-13(11)17-14-19(12)9-15(20-14)8-18-6-4-10(15)5-7-18;2*16-11-2-1-3-12-13(11)19-9-15(20-14(19)17-12)8-18-6-4-10(15)5-7-18/h4*1-3,10H,4-9H2/t4*15-/m1010/s1. The smallest absolute Gasteiger partial charge is 0.298 e. The molecule has 16 aliphatic heterocycles. The van der Waals surface area contributed by atoms with Crippen molar-refractivity contribution in [1.29, 1.82) is 0 Å². The Morgan fingerprint density at radius 2 is 0.625 bits per heavy atom. The average molecular weight is 1160 g/mol. The van der Waals surface area contributed by atoms with Gasteiger partial charge in [0.1, 0.15) is 33.4 Å². The van der Waals surface area contributed by atoms with Crippen LogP contribution < -0.4 is 18.9 Å². The molecule has 4 aromatic carbocycles. The molecule has 12 fully saturated rings. The number of fused-ring (bicyclic) bond motifs is 20. The lowest BCUT2D eigenvalue weighted by Crippen LogP contribution is -2.61. The molecule has 0 amide bonds. The fourth-order valence-electron chi connectivity index (χ4n) is 16.9. The first-order chi connectivity index (χ1) is 39.0. The highest BCUT2D eigenvalue weighted by Crippen LogP contribution is 2.50. The molecule has 4 spiro atoms. The molecule has 20 heterocycles. The maximum absolute atomic E-state index is 6.36. The first-order valence-electron chi connectivity index (χ1n) is 29.3. The number of rotatable bonds is 0. The molecule has 0 radical (unpaired) electrons. The van der Waals surface area contributed by atoms with E-state index in [-0.39, 0.29) is 22.4 Å². The lowest BCUT2D eigenvalue weighted by atomic mass is 9.75. The van der Waals surface area contributed by atoms with Gasteiger partial charge < -0.3 is 18.9 Å². The maximum atomic E-state index is 6.36. The quantitative estimate of drug-likeness (QED) is 0.144. The van der Waals surface area contributed by atoms with Gasteiger partial charge in [0.15, 0.2) is 0 Å². The zero-order valence-electron chi connectivity index (χ0n) is 44.7. The van der Waals surface area contributed by atoms with Crippen LogP contribution in [0.25, 0.3) is 44.1 Å². The van der Waals surface area contributed by atoms with Gasteiger partial charge in [-0.2, -0.15) is 19.9 Å². The van der Waals surface area contributed by atoms with Crippen molar-refractivity contribution in [2.24, 2.45) is 23.7 Å². The monoisotopic (exact) mass is 1160 g/mol. The van der Waals surface area contributed by atoms with Gasteiger partial charge in [-0.1, -0.05) is 70.7 Å². The molecule has 12 saturated heterocycles. The van der Waals surface area contributed by atoms with Gasteiger partial charge in [-0.05, 0) is 152 Å². The molecule has 4 atom stereocenters. The highest BCUT2D eigenvalue weighted by Gasteiger charge is 2.57. The molecule has 0 aliphatic carbocycles. The first-order valence-corrected chi connectivity index (χ1v) is 30.8. The predicted octanol–water partition coefficient (Wildman–Crippen LogP) is 10.2. The van der Waals surface area contributed by atoms with Crippen molar-refractivity contribution in [3.63, 3.8) is 0 Å². The number of nitrogens with zero attached hydrogens (tertiary/aromatic N) is 12. The van der Waals surface area contributed by atoms with Crippen LogP contribution in [0.15, 0.2) is 72.8 Å². The molecule has 4 aromatic heterocycles. The van der Waals surface area contributed by atoms with Crippen molar-refractivity contribution in [3.05, 3.63) is 92.9 Å². The third-order valence-corrected chi connectivity index (χ3v) is 22.1. The number of ether oxygens (including phenoxy) is 4. The number of halogens is 4. The van der Waals surface area contributed by atoms with Crippen molar-refractivity contribution in [1.82, 2.24) is 57.8 Å². The first kappa shape index (κ1) is 49.6. The SMILES string of the molecule is Clc1cccc2c1nc1n2C[C@@]2(CN3CCC2CC3)O1.Clc1cccc2c1nc1n2C[C@]2(CN3CCC2CC3)O1.Clc1cccc2nc3n(c12)C[C@@]1(CN2CCC1CC2)O3.Clc1cccc2nc3n(c12)C[C@]1(CN2CCC1CC2)O3. The molecule has 0 N–H and O–H groups in total. The second-order valence-corrected chi connectivity index (χ2v) is 26.9. The molecule has 80 heavy (non-hydrogen) atoms. The van der Waals surface area contributed by atoms with Gasteiger partial charge in [-0.15, -0.1) is 0 Å². The number of hydrogen-bond acceptors (Lipinski definition) is 12. The van der Waals surface area contributed by atoms with E-state index >= 15 is 0 Å². The fraction of sp³-hybridized carbons (Fsp3) is 0.533. The predicted molar refractivity (Wildman–Crippen MR) is 309 cm³/mol. The minimum absolute atomic E-state index is 0.0463. The van der Waals surface area contributed by atoms with E-state index < -0.39 is 0 Å². The minimum atomic E-state index is -0.0633. The summed E-state index contributed by atoms with van der Waals surface area (Å²) in [6.07, 6.45) is 10.0. The van der Waals surface area contributed by atoms with Gasteiger partial charge in [0.05, 0.1) is 79.4 Å². The number of hydrogen-bond donors (Lipinski definition) is 0. The van der Waals surface area contributed by atoms with Gasteiger partial charge in [-0.25, -0.2) is 0 Å². The zero-order valence-corrected chi connectivity index (χ0v) is 47.7. The summed E-state index contributed by atoms with van der Waals surface area (Å²) in [6, 6.07) is 26.7. The summed E-state index contributed by atoms with van der Waals surface area (Å²) in [5, 5.41) is 2.94. The summed E-state index contributed by atoms with van der Waals surface area (Å²) in [6.45, 7) is 17.6. The topological polar surface area (TPSA) is 121 Å². The van der Waals surface area contributed by atoms with Crippen LogP contribution in [0.5, 0.6) is 24.0 Å². The summed E-state index contributed by atoms with van der Waals surface area (Å²) in [5.41, 5.74) is 7.62. The molecule has 8 bridgehead atoms. The van der Waals surface area contributed by atoms with Gasteiger partial charge in [0.25, 0.3) is 24.0 Å². The highest BCUT2D eigenvalue weighted by atomic mass is 35.5. The summed E-state index contributed by atoms with van der Waals surface area (Å²) in [4.78, 5) is 28.6. The van der Waals surface area contributed by atoms with Crippen LogP contribution in [-0.2, 0) is 26.2 Å². The van der Waals surface area contributed by atoms with Crippen LogP contribution in [0.3, 0.4) is 0 Å². The molecule has 0 unspecified atom stereocenters. The lowest BCUT2D eigenvalue weighted by molar-refractivity contribution is -0.0833. The van der Waals surface area contributed by atoms with Crippen LogP contribution in [-0.4, -0.2) is 159 Å². The Kier molecular flexibility index (Phi) is 11.3. The third kappa shape index (κ3) is 7.60. The molecular formula is C60H64Cl4N12O4. The number of imidazole rings is 4. The van der Waals surface area contributed by atoms with Crippen LogP contribution in [0, 0.1) is 23.7 Å². The van der Waals surface area contributed by atoms with E-state index in [4.69, 9.17) is 65.4 Å². The number of para-hydroxylation sites is 4. The van der Waals surface area contributed by atoms with E-state index in [1.807, 2.05) is 60.7 Å². The number of piperidine rings is 12. The largest absolute Gasteiger partial charge is 0.454 e. The second-order valence-electron chi connectivity index (χ2n) is 25.2.